The first-order valence-electron chi connectivity index (χ1n) is 8.18. The third-order valence-corrected chi connectivity index (χ3v) is 4.44. The molecule has 0 radical (unpaired) electrons. The normalized spacial score (nSPS) is 14.5. The van der Waals surface area contributed by atoms with E-state index >= 15 is 0 Å². The van der Waals surface area contributed by atoms with Gasteiger partial charge in [0.2, 0.25) is 0 Å². The van der Waals surface area contributed by atoms with Gasteiger partial charge in [-0.2, -0.15) is 0 Å². The van der Waals surface area contributed by atoms with Crippen LogP contribution in [0.2, 0.25) is 0 Å². The largest absolute Gasteiger partial charge is 0.486 e. The average Bonchev–Trinajstić information content (AvgIpc) is 3.22. The molecule has 24 heavy (non-hydrogen) atoms. The van der Waals surface area contributed by atoms with E-state index in [1.807, 2.05) is 36.1 Å². The van der Waals surface area contributed by atoms with Crippen LogP contribution in [-0.2, 0) is 33.3 Å². The van der Waals surface area contributed by atoms with Gasteiger partial charge in [-0.3, -0.25) is 4.90 Å². The van der Waals surface area contributed by atoms with E-state index in [0.29, 0.717) is 6.61 Å². The van der Waals surface area contributed by atoms with Crippen LogP contribution >= 0.6 is 0 Å². The van der Waals surface area contributed by atoms with Crippen molar-refractivity contribution >= 4 is 0 Å². The number of aromatic nitrogens is 4. The first-order valence-corrected chi connectivity index (χ1v) is 8.18. The summed E-state index contributed by atoms with van der Waals surface area (Å²) in [5.74, 6) is 2.94. The number of fused-ring (bicyclic) bond motifs is 1. The molecule has 3 heterocycles. The molecule has 1 aliphatic rings. The summed E-state index contributed by atoms with van der Waals surface area (Å²) >= 11 is 0. The van der Waals surface area contributed by atoms with Crippen LogP contribution < -0.4 is 4.74 Å². The van der Waals surface area contributed by atoms with E-state index in [1.54, 1.807) is 6.20 Å². The molecule has 0 fully saturated rings. The van der Waals surface area contributed by atoms with Crippen LogP contribution in [0.15, 0.2) is 49.1 Å². The molecular weight excluding hydrogens is 302 g/mol. The third kappa shape index (κ3) is 3.19. The Bertz CT molecular complexity index is 805. The van der Waals surface area contributed by atoms with Crippen LogP contribution in [-0.4, -0.2) is 30.5 Å². The minimum absolute atomic E-state index is 0.484. The van der Waals surface area contributed by atoms with Crippen LogP contribution in [0.1, 0.15) is 17.2 Å². The minimum atomic E-state index is 0.484. The first kappa shape index (κ1) is 15.0. The fourth-order valence-electron chi connectivity index (χ4n) is 2.99. The molecule has 1 aromatic carbocycles. The summed E-state index contributed by atoms with van der Waals surface area (Å²) in [4.78, 5) is 11.1. The van der Waals surface area contributed by atoms with Crippen molar-refractivity contribution in [2.75, 3.05) is 6.54 Å². The Balaban J connectivity index is 1.33. The Morgan fingerprint density at radius 1 is 1.04 bits per heavy atom. The molecule has 0 aliphatic carbocycles. The molecule has 6 nitrogen and oxygen atoms in total. The standard InChI is InChI=1S/C18H21N5O/c1-21-8-6-20-18(21)14-24-16-4-2-15(3-5-16)12-22-10-11-23-9-7-19-17(23)13-22/h2-9H,10-14H2,1H3. The van der Waals surface area contributed by atoms with Gasteiger partial charge >= 0.3 is 0 Å². The van der Waals surface area contributed by atoms with E-state index in [4.69, 9.17) is 4.74 Å². The van der Waals surface area contributed by atoms with Crippen molar-refractivity contribution < 1.29 is 4.74 Å². The van der Waals surface area contributed by atoms with E-state index in [1.165, 1.54) is 5.56 Å². The molecule has 0 amide bonds. The predicted molar refractivity (Wildman–Crippen MR) is 90.3 cm³/mol. The lowest BCUT2D eigenvalue weighted by Gasteiger charge is -2.27. The summed E-state index contributed by atoms with van der Waals surface area (Å²) in [7, 11) is 1.97. The summed E-state index contributed by atoms with van der Waals surface area (Å²) in [6, 6.07) is 8.33. The van der Waals surface area contributed by atoms with Crippen LogP contribution in [0.3, 0.4) is 0 Å². The third-order valence-electron chi connectivity index (χ3n) is 4.44. The van der Waals surface area contributed by atoms with Crippen molar-refractivity contribution in [1.29, 1.82) is 0 Å². The summed E-state index contributed by atoms with van der Waals surface area (Å²) in [5, 5.41) is 0. The number of nitrogens with zero attached hydrogens (tertiary/aromatic N) is 5. The van der Waals surface area contributed by atoms with Gasteiger partial charge < -0.3 is 13.9 Å². The van der Waals surface area contributed by atoms with Crippen molar-refractivity contribution in [2.45, 2.75) is 26.2 Å². The summed E-state index contributed by atoms with van der Waals surface area (Å²) < 4.78 is 10.00. The van der Waals surface area contributed by atoms with Gasteiger partial charge in [-0.05, 0) is 17.7 Å². The van der Waals surface area contributed by atoms with Crippen LogP contribution in [0, 0.1) is 0 Å². The number of aryl methyl sites for hydroxylation is 1. The Morgan fingerprint density at radius 2 is 1.88 bits per heavy atom. The highest BCUT2D eigenvalue weighted by Gasteiger charge is 2.16. The molecule has 6 heteroatoms. The fourth-order valence-corrected chi connectivity index (χ4v) is 2.99. The average molecular weight is 323 g/mol. The minimum Gasteiger partial charge on any atom is -0.486 e. The molecule has 3 aromatic rings. The quantitative estimate of drug-likeness (QED) is 0.722. The smallest absolute Gasteiger partial charge is 0.146 e. The van der Waals surface area contributed by atoms with Gasteiger partial charge in [-0.15, -0.1) is 0 Å². The number of imidazole rings is 2. The maximum atomic E-state index is 5.80. The highest BCUT2D eigenvalue weighted by molar-refractivity contribution is 5.27. The lowest BCUT2D eigenvalue weighted by atomic mass is 10.2. The van der Waals surface area contributed by atoms with Crippen molar-refractivity contribution in [3.8, 4) is 5.75 Å². The Morgan fingerprint density at radius 3 is 2.67 bits per heavy atom. The lowest BCUT2D eigenvalue weighted by molar-refractivity contribution is 0.208. The zero-order valence-corrected chi connectivity index (χ0v) is 13.8. The van der Waals surface area contributed by atoms with Gasteiger partial charge in [0.15, 0.2) is 0 Å². The van der Waals surface area contributed by atoms with Crippen LogP contribution in [0.25, 0.3) is 0 Å². The van der Waals surface area contributed by atoms with Gasteiger partial charge in [-0.1, -0.05) is 12.1 Å². The molecule has 0 N–H and O–H groups in total. The maximum Gasteiger partial charge on any atom is 0.146 e. The second-order valence-corrected chi connectivity index (χ2v) is 6.13. The predicted octanol–water partition coefficient (Wildman–Crippen LogP) is 2.21. The van der Waals surface area contributed by atoms with Crippen molar-refractivity contribution in [1.82, 2.24) is 24.0 Å². The molecule has 0 unspecified atom stereocenters. The zero-order chi connectivity index (χ0) is 16.4. The van der Waals surface area contributed by atoms with Gasteiger partial charge in [0.1, 0.15) is 24.0 Å². The number of hydrogen-bond donors (Lipinski definition) is 0. The highest BCUT2D eigenvalue weighted by Crippen LogP contribution is 2.17. The van der Waals surface area contributed by atoms with Gasteiger partial charge in [0.25, 0.3) is 0 Å². The first-order chi connectivity index (χ1) is 11.8. The second-order valence-electron chi connectivity index (χ2n) is 6.13. The molecule has 0 saturated carbocycles. The van der Waals surface area contributed by atoms with Crippen LogP contribution in [0.4, 0.5) is 0 Å². The topological polar surface area (TPSA) is 48.1 Å². The van der Waals surface area contributed by atoms with Gasteiger partial charge in [0.05, 0.1) is 6.54 Å². The number of benzene rings is 1. The SMILES string of the molecule is Cn1ccnc1COc1ccc(CN2CCn3ccnc3C2)cc1. The number of rotatable bonds is 5. The number of ether oxygens (including phenoxy) is 1. The van der Waals surface area contributed by atoms with E-state index in [-0.39, 0.29) is 0 Å². The maximum absolute atomic E-state index is 5.80. The van der Waals surface area contributed by atoms with Crippen molar-refractivity contribution in [3.63, 3.8) is 0 Å². The molecular formula is C18H21N5O. The van der Waals surface area contributed by atoms with E-state index < -0.39 is 0 Å². The van der Waals surface area contributed by atoms with Crippen LogP contribution in [0.5, 0.6) is 5.75 Å². The summed E-state index contributed by atoms with van der Waals surface area (Å²) in [6.07, 6.45) is 7.64. The molecule has 0 spiro atoms. The Labute approximate surface area is 141 Å². The molecule has 2 aromatic heterocycles. The summed E-state index contributed by atoms with van der Waals surface area (Å²) in [6.45, 7) is 4.40. The van der Waals surface area contributed by atoms with E-state index in [0.717, 1.165) is 43.6 Å². The second kappa shape index (κ2) is 6.49. The van der Waals surface area contributed by atoms with Gasteiger partial charge in [-0.25, -0.2) is 9.97 Å². The monoisotopic (exact) mass is 323 g/mol. The summed E-state index contributed by atoms with van der Waals surface area (Å²) in [5.41, 5.74) is 1.29. The van der Waals surface area contributed by atoms with Crippen molar-refractivity contribution in [2.24, 2.45) is 7.05 Å². The lowest BCUT2D eigenvalue weighted by Crippen LogP contribution is -2.33. The van der Waals surface area contributed by atoms with E-state index in [9.17, 15) is 0 Å². The molecule has 4 rings (SSSR count). The molecule has 0 atom stereocenters. The Kier molecular flexibility index (Phi) is 4.04. The molecule has 124 valence electrons. The van der Waals surface area contributed by atoms with E-state index in [2.05, 4.69) is 37.8 Å². The fraction of sp³-hybridized carbons (Fsp3) is 0.333. The zero-order valence-electron chi connectivity index (χ0n) is 13.8. The highest BCUT2D eigenvalue weighted by atomic mass is 16.5. The van der Waals surface area contributed by atoms with Gasteiger partial charge in [0, 0.05) is 51.5 Å². The Hall–Kier alpha value is -2.60. The van der Waals surface area contributed by atoms with Crippen molar-refractivity contribution in [3.05, 3.63) is 66.3 Å². The molecule has 1 aliphatic heterocycles. The molecule has 0 bridgehead atoms. The number of hydrogen-bond acceptors (Lipinski definition) is 4. The molecule has 0 saturated heterocycles.